The molecule has 1 aromatic heterocycles. The summed E-state index contributed by atoms with van der Waals surface area (Å²) in [5.74, 6) is 0.772. The highest BCUT2D eigenvalue weighted by molar-refractivity contribution is 5.80. The van der Waals surface area contributed by atoms with Crippen molar-refractivity contribution in [2.24, 2.45) is 0 Å². The van der Waals surface area contributed by atoms with Crippen molar-refractivity contribution in [3.8, 4) is 0 Å². The van der Waals surface area contributed by atoms with Crippen LogP contribution in [0.1, 0.15) is 35.5 Å². The van der Waals surface area contributed by atoms with Crippen molar-refractivity contribution >= 4 is 6.03 Å². The average Bonchev–Trinajstić information content (AvgIpc) is 3.34. The predicted octanol–water partition coefficient (Wildman–Crippen LogP) is 4.06. The molecule has 2 aliphatic rings. The number of aromatic nitrogens is 2. The van der Waals surface area contributed by atoms with Crippen molar-refractivity contribution in [2.75, 3.05) is 13.1 Å². The van der Waals surface area contributed by atoms with Crippen molar-refractivity contribution in [3.05, 3.63) is 89.5 Å². The van der Waals surface area contributed by atoms with E-state index in [0.29, 0.717) is 12.6 Å². The number of piperidine rings is 1. The fourth-order valence-electron chi connectivity index (χ4n) is 4.83. The number of rotatable bonds is 6. The van der Waals surface area contributed by atoms with Crippen LogP contribution in [0.5, 0.6) is 0 Å². The molecule has 0 unspecified atom stereocenters. The van der Waals surface area contributed by atoms with Crippen LogP contribution in [0.15, 0.2) is 66.9 Å². The zero-order chi connectivity index (χ0) is 21.2. The highest BCUT2D eigenvalue weighted by Crippen LogP contribution is 2.26. The van der Waals surface area contributed by atoms with Crippen LogP contribution in [0.4, 0.5) is 4.79 Å². The molecule has 1 saturated heterocycles. The van der Waals surface area contributed by atoms with Gasteiger partial charge in [-0.2, -0.15) is 0 Å². The Kier molecular flexibility index (Phi) is 5.57. The summed E-state index contributed by atoms with van der Waals surface area (Å²) >= 11 is 0. The Labute approximate surface area is 183 Å². The molecule has 3 aromatic rings. The van der Waals surface area contributed by atoms with Gasteiger partial charge in [-0.1, -0.05) is 60.7 Å². The first kappa shape index (κ1) is 20.0. The number of carbonyl (C=O) groups is 1. The van der Waals surface area contributed by atoms with Gasteiger partial charge in [0.2, 0.25) is 0 Å². The maximum Gasteiger partial charge on any atom is 0.344 e. The van der Waals surface area contributed by atoms with E-state index in [4.69, 9.17) is 0 Å². The van der Waals surface area contributed by atoms with Gasteiger partial charge in [0.05, 0.1) is 18.4 Å². The molecular formula is C25H29N5O. The van der Waals surface area contributed by atoms with Crippen molar-refractivity contribution in [2.45, 2.75) is 45.4 Å². The first-order valence-corrected chi connectivity index (χ1v) is 11.1. The van der Waals surface area contributed by atoms with Gasteiger partial charge in [-0.3, -0.25) is 9.91 Å². The minimum Gasteiger partial charge on any atom is -0.292 e. The van der Waals surface area contributed by atoms with Crippen LogP contribution in [-0.4, -0.2) is 49.6 Å². The highest BCUT2D eigenvalue weighted by atomic mass is 16.2. The topological polar surface area (TPSA) is 44.6 Å². The second-order valence-electron chi connectivity index (χ2n) is 8.53. The Balaban J connectivity index is 1.26. The van der Waals surface area contributed by atoms with E-state index in [-0.39, 0.29) is 6.03 Å². The first-order chi connectivity index (χ1) is 15.2. The molecule has 6 heteroatoms. The first-order valence-electron chi connectivity index (χ1n) is 11.1. The molecule has 0 radical (unpaired) electrons. The molecule has 0 aliphatic carbocycles. The lowest BCUT2D eigenvalue weighted by Crippen LogP contribution is -2.51. The summed E-state index contributed by atoms with van der Waals surface area (Å²) < 4.78 is 1.74. The maximum atomic E-state index is 12.9. The van der Waals surface area contributed by atoms with Crippen LogP contribution in [0.25, 0.3) is 0 Å². The zero-order valence-electron chi connectivity index (χ0n) is 18.0. The zero-order valence-corrected chi connectivity index (χ0v) is 18.0. The smallest absolute Gasteiger partial charge is 0.292 e. The fraction of sp³-hybridized carbons (Fsp3) is 0.360. The van der Waals surface area contributed by atoms with Gasteiger partial charge in [-0.05, 0) is 30.9 Å². The molecule has 2 aliphatic heterocycles. The normalized spacial score (nSPS) is 17.5. The molecule has 0 saturated carbocycles. The van der Waals surface area contributed by atoms with Crippen LogP contribution in [-0.2, 0) is 19.6 Å². The minimum absolute atomic E-state index is 0.0360. The van der Waals surface area contributed by atoms with Gasteiger partial charge in [0, 0.05) is 32.2 Å². The van der Waals surface area contributed by atoms with E-state index in [1.807, 2.05) is 18.1 Å². The summed E-state index contributed by atoms with van der Waals surface area (Å²) in [6.07, 6.45) is 3.92. The lowest BCUT2D eigenvalue weighted by Gasteiger charge is -2.41. The lowest BCUT2D eigenvalue weighted by molar-refractivity contribution is -0.0231. The number of amides is 1. The van der Waals surface area contributed by atoms with E-state index in [9.17, 15) is 4.79 Å². The van der Waals surface area contributed by atoms with Crippen molar-refractivity contribution in [3.63, 3.8) is 0 Å². The van der Waals surface area contributed by atoms with E-state index in [2.05, 4.69) is 75.6 Å². The van der Waals surface area contributed by atoms with E-state index in [0.717, 1.165) is 50.5 Å². The second kappa shape index (κ2) is 8.65. The van der Waals surface area contributed by atoms with Crippen LogP contribution in [0.2, 0.25) is 0 Å². The fourth-order valence-corrected chi connectivity index (χ4v) is 4.83. The highest BCUT2D eigenvalue weighted by Gasteiger charge is 2.35. The monoisotopic (exact) mass is 415 g/mol. The maximum absolute atomic E-state index is 12.9. The van der Waals surface area contributed by atoms with Crippen molar-refractivity contribution in [1.29, 1.82) is 0 Å². The number of aryl methyl sites for hydroxylation is 1. The third-order valence-electron chi connectivity index (χ3n) is 6.49. The van der Waals surface area contributed by atoms with Crippen LogP contribution >= 0.6 is 0 Å². The Morgan fingerprint density at radius 1 is 0.935 bits per heavy atom. The summed E-state index contributed by atoms with van der Waals surface area (Å²) in [6.45, 7) is 6.20. The summed E-state index contributed by atoms with van der Waals surface area (Å²) in [6, 6.07) is 22.0. The Bertz CT molecular complexity index is 983. The average molecular weight is 416 g/mol. The predicted molar refractivity (Wildman–Crippen MR) is 120 cm³/mol. The largest absolute Gasteiger partial charge is 0.344 e. The molecule has 160 valence electrons. The molecule has 0 spiro atoms. The van der Waals surface area contributed by atoms with Gasteiger partial charge in [-0.15, -0.1) is 0 Å². The van der Waals surface area contributed by atoms with E-state index < -0.39 is 0 Å². The lowest BCUT2D eigenvalue weighted by atomic mass is 10.0. The number of hydrogen-bond acceptors (Lipinski definition) is 4. The minimum atomic E-state index is 0.0360. The van der Waals surface area contributed by atoms with E-state index in [1.165, 1.54) is 11.1 Å². The van der Waals surface area contributed by atoms with Gasteiger partial charge in [0.25, 0.3) is 0 Å². The van der Waals surface area contributed by atoms with Crippen LogP contribution in [0.3, 0.4) is 0 Å². The summed E-state index contributed by atoms with van der Waals surface area (Å²) in [5, 5.41) is 4.13. The van der Waals surface area contributed by atoms with Gasteiger partial charge >= 0.3 is 6.03 Å². The van der Waals surface area contributed by atoms with Crippen LogP contribution in [0, 0.1) is 6.92 Å². The summed E-state index contributed by atoms with van der Waals surface area (Å²) in [5.41, 5.74) is 3.68. The Hall–Kier alpha value is -2.96. The van der Waals surface area contributed by atoms with Gasteiger partial charge < -0.3 is 0 Å². The SMILES string of the molecule is Cc1ncc2n1C(=O)N(N1CCC(N(Cc3ccccc3)Cc3ccccc3)CC1)C2. The van der Waals surface area contributed by atoms with Gasteiger partial charge in [0.1, 0.15) is 5.82 Å². The molecular weight excluding hydrogens is 386 g/mol. The molecule has 1 fully saturated rings. The van der Waals surface area contributed by atoms with Gasteiger partial charge in [-0.25, -0.2) is 19.4 Å². The number of fused-ring (bicyclic) bond motifs is 1. The molecule has 2 aromatic carbocycles. The molecule has 0 atom stereocenters. The van der Waals surface area contributed by atoms with E-state index >= 15 is 0 Å². The number of hydrazine groups is 1. The van der Waals surface area contributed by atoms with Crippen molar-refractivity contribution < 1.29 is 4.79 Å². The number of nitrogens with zero attached hydrogens (tertiary/aromatic N) is 5. The third-order valence-corrected chi connectivity index (χ3v) is 6.49. The number of carbonyl (C=O) groups excluding carboxylic acids is 1. The molecule has 3 heterocycles. The quantitative estimate of drug-likeness (QED) is 0.609. The third kappa shape index (κ3) is 4.13. The summed E-state index contributed by atoms with van der Waals surface area (Å²) in [4.78, 5) is 19.7. The standard InChI is InChI=1S/C25H29N5O/c1-20-26-16-24-19-29(25(31)30(20)24)28-14-12-23(13-15-28)27(17-21-8-4-2-5-9-21)18-22-10-6-3-7-11-22/h2-11,16,23H,12-15,17-19H2,1H3. The molecule has 31 heavy (non-hydrogen) atoms. The van der Waals surface area contributed by atoms with E-state index in [1.54, 1.807) is 4.57 Å². The molecule has 1 amide bonds. The molecule has 0 bridgehead atoms. The molecule has 6 nitrogen and oxygen atoms in total. The second-order valence-corrected chi connectivity index (χ2v) is 8.53. The Morgan fingerprint density at radius 3 is 2.06 bits per heavy atom. The summed E-state index contributed by atoms with van der Waals surface area (Å²) in [7, 11) is 0. The Morgan fingerprint density at radius 2 is 1.52 bits per heavy atom. The molecule has 5 rings (SSSR count). The number of hydrogen-bond donors (Lipinski definition) is 0. The van der Waals surface area contributed by atoms with Gasteiger partial charge in [0.15, 0.2) is 0 Å². The number of imidazole rings is 1. The van der Waals surface area contributed by atoms with Crippen LogP contribution < -0.4 is 0 Å². The molecule has 0 N–H and O–H groups in total. The number of benzene rings is 2. The van der Waals surface area contributed by atoms with Crippen molar-refractivity contribution in [1.82, 2.24) is 24.5 Å².